The molecule has 20 heavy (non-hydrogen) atoms. The molecule has 2 aromatic rings. The molecule has 0 atom stereocenters. The van der Waals surface area contributed by atoms with Crippen LogP contribution in [0.4, 0.5) is 0 Å². The number of thiophene rings is 1. The molecule has 1 amide bonds. The third-order valence-corrected chi connectivity index (χ3v) is 3.49. The van der Waals surface area contributed by atoms with Gasteiger partial charge in [-0.1, -0.05) is 18.2 Å². The SMILES string of the molecule is N#CCc1ccc(OCC(=O)NCc2cccs2)cc1. The lowest BCUT2D eigenvalue weighted by atomic mass is 10.2. The van der Waals surface area contributed by atoms with Gasteiger partial charge in [0, 0.05) is 4.88 Å². The molecule has 1 aromatic carbocycles. The molecular formula is C15H14N2O2S. The lowest BCUT2D eigenvalue weighted by Gasteiger charge is -2.07. The number of nitrogens with zero attached hydrogens (tertiary/aromatic N) is 1. The molecule has 4 nitrogen and oxygen atoms in total. The third kappa shape index (κ3) is 4.41. The van der Waals surface area contributed by atoms with Gasteiger partial charge in [0.25, 0.3) is 5.91 Å². The van der Waals surface area contributed by atoms with E-state index >= 15 is 0 Å². The Morgan fingerprint density at radius 2 is 2.10 bits per heavy atom. The average Bonchev–Trinajstić information content (AvgIpc) is 2.98. The van der Waals surface area contributed by atoms with Crippen LogP contribution in [-0.2, 0) is 17.8 Å². The van der Waals surface area contributed by atoms with Gasteiger partial charge in [-0.3, -0.25) is 4.79 Å². The normalized spacial score (nSPS) is 9.75. The number of nitriles is 1. The van der Waals surface area contributed by atoms with Gasteiger partial charge < -0.3 is 10.1 Å². The van der Waals surface area contributed by atoms with E-state index < -0.39 is 0 Å². The fourth-order valence-corrected chi connectivity index (χ4v) is 2.24. The van der Waals surface area contributed by atoms with Crippen LogP contribution in [0.5, 0.6) is 5.75 Å². The minimum absolute atomic E-state index is 0.0109. The number of carbonyl (C=O) groups excluding carboxylic acids is 1. The summed E-state index contributed by atoms with van der Waals surface area (Å²) in [5.74, 6) is 0.470. The zero-order chi connectivity index (χ0) is 14.2. The molecule has 2 rings (SSSR count). The van der Waals surface area contributed by atoms with E-state index in [0.29, 0.717) is 18.7 Å². The standard InChI is InChI=1S/C15H14N2O2S/c16-8-7-12-3-5-13(6-4-12)19-11-15(18)17-10-14-2-1-9-20-14/h1-6,9H,7,10-11H2,(H,17,18). The molecule has 1 N–H and O–H groups in total. The number of ether oxygens (including phenoxy) is 1. The van der Waals surface area contributed by atoms with Crippen LogP contribution in [0.1, 0.15) is 10.4 Å². The highest BCUT2D eigenvalue weighted by molar-refractivity contribution is 7.09. The molecule has 0 saturated carbocycles. The Labute approximate surface area is 121 Å². The third-order valence-electron chi connectivity index (χ3n) is 2.62. The highest BCUT2D eigenvalue weighted by Gasteiger charge is 2.03. The lowest BCUT2D eigenvalue weighted by Crippen LogP contribution is -2.28. The van der Waals surface area contributed by atoms with Gasteiger partial charge in [0.2, 0.25) is 0 Å². The van der Waals surface area contributed by atoms with Crippen LogP contribution >= 0.6 is 11.3 Å². The fourth-order valence-electron chi connectivity index (χ4n) is 1.59. The van der Waals surface area contributed by atoms with Crippen molar-refractivity contribution < 1.29 is 9.53 Å². The summed E-state index contributed by atoms with van der Waals surface area (Å²) in [7, 11) is 0. The molecule has 0 unspecified atom stereocenters. The monoisotopic (exact) mass is 286 g/mol. The predicted octanol–water partition coefficient (Wildman–Crippen LogP) is 2.51. The Hall–Kier alpha value is -2.32. The summed E-state index contributed by atoms with van der Waals surface area (Å²) in [6, 6.07) is 13.2. The minimum Gasteiger partial charge on any atom is -0.484 e. The number of amides is 1. The summed E-state index contributed by atoms with van der Waals surface area (Å²) >= 11 is 1.60. The van der Waals surface area contributed by atoms with Gasteiger partial charge in [0.1, 0.15) is 5.75 Å². The maximum Gasteiger partial charge on any atom is 0.258 e. The Morgan fingerprint density at radius 1 is 1.30 bits per heavy atom. The second kappa shape index (κ2) is 7.31. The first kappa shape index (κ1) is 14.1. The molecule has 102 valence electrons. The maximum absolute atomic E-state index is 11.6. The first-order chi connectivity index (χ1) is 9.78. The average molecular weight is 286 g/mol. The van der Waals surface area contributed by atoms with Crippen molar-refractivity contribution in [1.29, 1.82) is 5.26 Å². The van der Waals surface area contributed by atoms with Crippen molar-refractivity contribution in [1.82, 2.24) is 5.32 Å². The number of hydrogen-bond acceptors (Lipinski definition) is 4. The van der Waals surface area contributed by atoms with E-state index in [4.69, 9.17) is 10.00 Å². The lowest BCUT2D eigenvalue weighted by molar-refractivity contribution is -0.123. The van der Waals surface area contributed by atoms with E-state index in [9.17, 15) is 4.79 Å². The molecule has 0 aliphatic heterocycles. The van der Waals surface area contributed by atoms with Crippen LogP contribution in [0.2, 0.25) is 0 Å². The molecule has 0 bridgehead atoms. The summed E-state index contributed by atoms with van der Waals surface area (Å²) in [6.07, 6.45) is 0.377. The van der Waals surface area contributed by atoms with Gasteiger partial charge in [-0.05, 0) is 29.1 Å². The summed E-state index contributed by atoms with van der Waals surface area (Å²) in [5.41, 5.74) is 0.932. The number of rotatable bonds is 6. The summed E-state index contributed by atoms with van der Waals surface area (Å²) < 4.78 is 5.38. The van der Waals surface area contributed by atoms with Gasteiger partial charge in [-0.25, -0.2) is 0 Å². The van der Waals surface area contributed by atoms with Gasteiger partial charge in [-0.2, -0.15) is 5.26 Å². The van der Waals surface area contributed by atoms with Crippen molar-refractivity contribution in [2.24, 2.45) is 0 Å². The predicted molar refractivity (Wildman–Crippen MR) is 77.4 cm³/mol. The van der Waals surface area contributed by atoms with E-state index in [2.05, 4.69) is 11.4 Å². The molecule has 1 heterocycles. The van der Waals surface area contributed by atoms with E-state index in [1.165, 1.54) is 0 Å². The van der Waals surface area contributed by atoms with E-state index in [0.717, 1.165) is 10.4 Å². The molecule has 0 saturated heterocycles. The molecule has 1 aromatic heterocycles. The highest BCUT2D eigenvalue weighted by atomic mass is 32.1. The molecule has 0 fully saturated rings. The summed E-state index contributed by atoms with van der Waals surface area (Å²) in [6.45, 7) is 0.518. The zero-order valence-corrected chi connectivity index (χ0v) is 11.7. The van der Waals surface area contributed by atoms with E-state index in [1.54, 1.807) is 23.5 Å². The second-order valence-corrected chi connectivity index (χ2v) is 5.16. The van der Waals surface area contributed by atoms with Gasteiger partial charge in [0.05, 0.1) is 19.0 Å². The molecule has 0 aliphatic rings. The Bertz CT molecular complexity index is 585. The van der Waals surface area contributed by atoms with Crippen LogP contribution < -0.4 is 10.1 Å². The largest absolute Gasteiger partial charge is 0.484 e. The van der Waals surface area contributed by atoms with Crippen molar-refractivity contribution in [2.45, 2.75) is 13.0 Å². The topological polar surface area (TPSA) is 62.1 Å². The molecule has 0 aliphatic carbocycles. The van der Waals surface area contributed by atoms with Crippen LogP contribution in [0, 0.1) is 11.3 Å². The van der Waals surface area contributed by atoms with E-state index in [1.807, 2.05) is 29.6 Å². The maximum atomic E-state index is 11.6. The Kier molecular flexibility index (Phi) is 5.15. The number of nitrogens with one attached hydrogen (secondary N) is 1. The first-order valence-corrected chi connectivity index (χ1v) is 7.03. The Balaban J connectivity index is 1.74. The number of hydrogen-bond donors (Lipinski definition) is 1. The molecular weight excluding hydrogens is 272 g/mol. The fraction of sp³-hybridized carbons (Fsp3) is 0.200. The zero-order valence-electron chi connectivity index (χ0n) is 10.8. The van der Waals surface area contributed by atoms with Crippen molar-refractivity contribution in [3.8, 4) is 11.8 Å². The van der Waals surface area contributed by atoms with Crippen molar-refractivity contribution in [3.05, 3.63) is 52.2 Å². The minimum atomic E-state index is -0.153. The summed E-state index contributed by atoms with van der Waals surface area (Å²) in [5, 5.41) is 13.3. The van der Waals surface area contributed by atoms with Crippen molar-refractivity contribution in [2.75, 3.05) is 6.61 Å². The van der Waals surface area contributed by atoms with Crippen LogP contribution in [0.3, 0.4) is 0 Å². The van der Waals surface area contributed by atoms with Crippen LogP contribution in [-0.4, -0.2) is 12.5 Å². The molecule has 0 spiro atoms. The second-order valence-electron chi connectivity index (χ2n) is 4.12. The van der Waals surface area contributed by atoms with Gasteiger partial charge in [0.15, 0.2) is 6.61 Å². The van der Waals surface area contributed by atoms with Crippen LogP contribution in [0.15, 0.2) is 41.8 Å². The van der Waals surface area contributed by atoms with Gasteiger partial charge in [-0.15, -0.1) is 11.3 Å². The first-order valence-electron chi connectivity index (χ1n) is 6.15. The van der Waals surface area contributed by atoms with Crippen molar-refractivity contribution >= 4 is 17.2 Å². The van der Waals surface area contributed by atoms with Crippen molar-refractivity contribution in [3.63, 3.8) is 0 Å². The number of benzene rings is 1. The molecule has 5 heteroatoms. The number of carbonyl (C=O) groups is 1. The Morgan fingerprint density at radius 3 is 2.75 bits per heavy atom. The molecule has 0 radical (unpaired) electrons. The smallest absolute Gasteiger partial charge is 0.258 e. The van der Waals surface area contributed by atoms with Crippen LogP contribution in [0.25, 0.3) is 0 Å². The summed E-state index contributed by atoms with van der Waals surface area (Å²) in [4.78, 5) is 12.7. The van der Waals surface area contributed by atoms with E-state index in [-0.39, 0.29) is 12.5 Å². The van der Waals surface area contributed by atoms with Gasteiger partial charge >= 0.3 is 0 Å². The highest BCUT2D eigenvalue weighted by Crippen LogP contribution is 2.12. The quantitative estimate of drug-likeness (QED) is 0.887.